The number of benzene rings is 1. The first-order valence-electron chi connectivity index (χ1n) is 5.91. The van der Waals surface area contributed by atoms with Crippen LogP contribution in [0.15, 0.2) is 46.0 Å². The third kappa shape index (κ3) is 3.76. The summed E-state index contributed by atoms with van der Waals surface area (Å²) in [6, 6.07) is 12.4. The van der Waals surface area contributed by atoms with Gasteiger partial charge in [0.1, 0.15) is 6.07 Å². The smallest absolute Gasteiger partial charge is 0.225 e. The van der Waals surface area contributed by atoms with Crippen LogP contribution in [0.1, 0.15) is 12.0 Å². The van der Waals surface area contributed by atoms with Crippen LogP contribution in [0.2, 0.25) is 0 Å². The predicted molar refractivity (Wildman–Crippen MR) is 80.0 cm³/mol. The van der Waals surface area contributed by atoms with E-state index >= 15 is 0 Å². The van der Waals surface area contributed by atoms with E-state index in [9.17, 15) is 9.00 Å². The van der Waals surface area contributed by atoms with Crippen molar-refractivity contribution in [2.45, 2.75) is 10.6 Å². The Bertz CT molecular complexity index is 660. The molecule has 0 spiro atoms. The molecule has 1 aromatic carbocycles. The number of hydrogen-bond donors (Lipinski definition) is 1. The summed E-state index contributed by atoms with van der Waals surface area (Å²) < 4.78 is 12.6. The summed E-state index contributed by atoms with van der Waals surface area (Å²) in [6.07, 6.45) is 0.157. The normalized spacial score (nSPS) is 11.6. The average molecular weight is 304 g/mol. The Balaban J connectivity index is 1.90. The predicted octanol–water partition coefficient (Wildman–Crippen LogP) is 2.76. The Hall–Kier alpha value is -1.97. The SMILES string of the molecule is N#Cc1ccccc1NC(=O)CCS(=O)c1cccs1. The van der Waals surface area contributed by atoms with Crippen LogP contribution in [-0.4, -0.2) is 15.9 Å². The van der Waals surface area contributed by atoms with Crippen LogP contribution in [0.5, 0.6) is 0 Å². The quantitative estimate of drug-likeness (QED) is 0.923. The lowest BCUT2D eigenvalue weighted by molar-refractivity contribution is -0.115. The summed E-state index contributed by atoms with van der Waals surface area (Å²) in [4.78, 5) is 11.8. The van der Waals surface area contributed by atoms with Crippen molar-refractivity contribution in [2.75, 3.05) is 11.1 Å². The number of anilines is 1. The van der Waals surface area contributed by atoms with Crippen LogP contribution in [0, 0.1) is 11.3 Å². The van der Waals surface area contributed by atoms with E-state index in [-0.39, 0.29) is 18.1 Å². The second kappa shape index (κ2) is 6.98. The van der Waals surface area contributed by atoms with Crippen molar-refractivity contribution in [3.63, 3.8) is 0 Å². The van der Waals surface area contributed by atoms with E-state index in [4.69, 9.17) is 5.26 Å². The highest BCUT2D eigenvalue weighted by Gasteiger charge is 2.10. The highest BCUT2D eigenvalue weighted by atomic mass is 32.2. The molecule has 1 heterocycles. The van der Waals surface area contributed by atoms with Crippen molar-refractivity contribution >= 4 is 33.7 Å². The summed E-state index contributed by atoms with van der Waals surface area (Å²) in [5, 5.41) is 13.5. The van der Waals surface area contributed by atoms with Crippen LogP contribution >= 0.6 is 11.3 Å². The number of amides is 1. The molecule has 6 heteroatoms. The lowest BCUT2D eigenvalue weighted by Gasteiger charge is -2.06. The molecule has 1 unspecified atom stereocenters. The van der Waals surface area contributed by atoms with Crippen molar-refractivity contribution in [2.24, 2.45) is 0 Å². The molecule has 2 rings (SSSR count). The second-order valence-electron chi connectivity index (χ2n) is 3.94. The number of carbonyl (C=O) groups is 1. The second-order valence-corrected chi connectivity index (χ2v) is 6.68. The van der Waals surface area contributed by atoms with E-state index in [2.05, 4.69) is 5.32 Å². The summed E-state index contributed by atoms with van der Waals surface area (Å²) in [5.74, 6) is 0.0405. The Morgan fingerprint density at radius 1 is 1.30 bits per heavy atom. The maximum absolute atomic E-state index is 11.9. The van der Waals surface area contributed by atoms with Gasteiger partial charge in [-0.15, -0.1) is 11.3 Å². The molecule has 1 aromatic heterocycles. The van der Waals surface area contributed by atoms with Crippen LogP contribution in [-0.2, 0) is 15.6 Å². The van der Waals surface area contributed by atoms with Gasteiger partial charge in [0.15, 0.2) is 0 Å². The van der Waals surface area contributed by atoms with Crippen LogP contribution in [0.3, 0.4) is 0 Å². The van der Waals surface area contributed by atoms with E-state index in [0.717, 1.165) is 4.21 Å². The highest BCUT2D eigenvalue weighted by Crippen LogP contribution is 2.16. The summed E-state index contributed by atoms with van der Waals surface area (Å²) in [7, 11) is -1.15. The van der Waals surface area contributed by atoms with E-state index in [0.29, 0.717) is 11.3 Å². The summed E-state index contributed by atoms with van der Waals surface area (Å²) in [5.41, 5.74) is 0.905. The van der Waals surface area contributed by atoms with Gasteiger partial charge in [0.05, 0.1) is 26.3 Å². The van der Waals surface area contributed by atoms with Gasteiger partial charge in [-0.25, -0.2) is 0 Å². The van der Waals surface area contributed by atoms with Gasteiger partial charge < -0.3 is 5.32 Å². The molecule has 0 saturated carbocycles. The lowest BCUT2D eigenvalue weighted by Crippen LogP contribution is -2.15. The molecule has 1 amide bonds. The third-order valence-corrected chi connectivity index (χ3v) is 5.22. The number of rotatable bonds is 5. The van der Waals surface area contributed by atoms with E-state index in [1.807, 2.05) is 17.5 Å². The van der Waals surface area contributed by atoms with Crippen LogP contribution in [0.25, 0.3) is 0 Å². The summed E-state index contributed by atoms with van der Waals surface area (Å²) in [6.45, 7) is 0. The molecule has 0 aliphatic carbocycles. The Labute approximate surface area is 123 Å². The van der Waals surface area contributed by atoms with Gasteiger partial charge >= 0.3 is 0 Å². The minimum atomic E-state index is -1.15. The molecule has 0 aliphatic rings. The van der Waals surface area contributed by atoms with Crippen molar-refractivity contribution in [1.29, 1.82) is 5.26 Å². The average Bonchev–Trinajstić information content (AvgIpc) is 2.99. The van der Waals surface area contributed by atoms with Gasteiger partial charge in [-0.3, -0.25) is 9.00 Å². The van der Waals surface area contributed by atoms with Gasteiger partial charge in [0.2, 0.25) is 5.91 Å². The standard InChI is InChI=1S/C14H12N2O2S2/c15-10-11-4-1-2-5-12(11)16-13(17)7-9-20(18)14-6-3-8-19-14/h1-6,8H,7,9H2,(H,16,17). The number of thiophene rings is 1. The molecular formula is C14H12N2O2S2. The number of carbonyl (C=O) groups excluding carboxylic acids is 1. The number of para-hydroxylation sites is 1. The van der Waals surface area contributed by atoms with Crippen molar-refractivity contribution < 1.29 is 9.00 Å². The first-order chi connectivity index (χ1) is 9.70. The fraction of sp³-hybridized carbons (Fsp3) is 0.143. The molecular weight excluding hydrogens is 292 g/mol. The molecule has 4 nitrogen and oxygen atoms in total. The molecule has 102 valence electrons. The van der Waals surface area contributed by atoms with Crippen LogP contribution in [0.4, 0.5) is 5.69 Å². The fourth-order valence-electron chi connectivity index (χ4n) is 1.58. The Morgan fingerprint density at radius 3 is 2.80 bits per heavy atom. The topological polar surface area (TPSA) is 70.0 Å². The first-order valence-corrected chi connectivity index (χ1v) is 8.11. The lowest BCUT2D eigenvalue weighted by atomic mass is 10.2. The molecule has 0 radical (unpaired) electrons. The number of nitriles is 1. The monoisotopic (exact) mass is 304 g/mol. The maximum Gasteiger partial charge on any atom is 0.225 e. The molecule has 0 bridgehead atoms. The summed E-state index contributed by atoms with van der Waals surface area (Å²) >= 11 is 1.42. The van der Waals surface area contributed by atoms with Gasteiger partial charge in [0, 0.05) is 12.2 Å². The number of hydrogen-bond acceptors (Lipinski definition) is 4. The van der Waals surface area contributed by atoms with Crippen molar-refractivity contribution in [3.8, 4) is 6.07 Å². The minimum Gasteiger partial charge on any atom is -0.325 e. The molecule has 0 aliphatic heterocycles. The van der Waals surface area contributed by atoms with Gasteiger partial charge in [0.25, 0.3) is 0 Å². The molecule has 1 N–H and O–H groups in total. The van der Waals surface area contributed by atoms with Gasteiger partial charge in [-0.05, 0) is 23.6 Å². The fourth-order valence-corrected chi connectivity index (χ4v) is 3.68. The van der Waals surface area contributed by atoms with Crippen molar-refractivity contribution in [3.05, 3.63) is 47.3 Å². The third-order valence-electron chi connectivity index (χ3n) is 2.56. The first kappa shape index (κ1) is 14.4. The zero-order valence-corrected chi connectivity index (χ0v) is 12.2. The largest absolute Gasteiger partial charge is 0.325 e. The zero-order valence-electron chi connectivity index (χ0n) is 10.5. The maximum atomic E-state index is 11.9. The highest BCUT2D eigenvalue weighted by molar-refractivity contribution is 7.87. The minimum absolute atomic E-state index is 0.157. The van der Waals surface area contributed by atoms with E-state index in [1.54, 1.807) is 30.3 Å². The van der Waals surface area contributed by atoms with E-state index < -0.39 is 10.8 Å². The number of nitrogens with one attached hydrogen (secondary N) is 1. The zero-order chi connectivity index (χ0) is 14.4. The van der Waals surface area contributed by atoms with Crippen molar-refractivity contribution in [1.82, 2.24) is 0 Å². The van der Waals surface area contributed by atoms with Gasteiger partial charge in [-0.1, -0.05) is 18.2 Å². The molecule has 20 heavy (non-hydrogen) atoms. The molecule has 2 aromatic rings. The Kier molecular flexibility index (Phi) is 5.04. The molecule has 0 saturated heterocycles. The molecule has 0 fully saturated rings. The molecule has 1 atom stereocenters. The number of nitrogens with zero attached hydrogens (tertiary/aromatic N) is 1. The van der Waals surface area contributed by atoms with Gasteiger partial charge in [-0.2, -0.15) is 5.26 Å². The Morgan fingerprint density at radius 2 is 2.10 bits per heavy atom. The van der Waals surface area contributed by atoms with E-state index in [1.165, 1.54) is 11.3 Å². The van der Waals surface area contributed by atoms with Crippen LogP contribution < -0.4 is 5.32 Å².